The Balaban J connectivity index is 2.20. The Hall–Kier alpha value is -2.60. The molecule has 0 aliphatic rings. The maximum atomic E-state index is 12.6. The van der Waals surface area contributed by atoms with Gasteiger partial charge in [0.05, 0.1) is 22.0 Å². The van der Waals surface area contributed by atoms with Crippen LogP contribution in [0.3, 0.4) is 0 Å². The number of nitrogen functional groups attached to an aromatic ring is 1. The number of nitrogens with two attached hydrogens (primary N) is 1. The van der Waals surface area contributed by atoms with E-state index in [4.69, 9.17) is 22.1 Å². The first-order valence-electron chi connectivity index (χ1n) is 7.63. The van der Waals surface area contributed by atoms with Crippen LogP contribution >= 0.6 is 11.6 Å². The van der Waals surface area contributed by atoms with Gasteiger partial charge in [0, 0.05) is 11.3 Å². The van der Waals surface area contributed by atoms with E-state index in [1.165, 1.54) is 32.0 Å². The second kappa shape index (κ2) is 7.11. The minimum Gasteiger partial charge on any atom is -0.451 e. The number of ketones is 2. The second-order valence-electron chi connectivity index (χ2n) is 5.83. The van der Waals surface area contributed by atoms with Gasteiger partial charge in [-0.25, -0.2) is 4.79 Å². The molecule has 25 heavy (non-hydrogen) atoms. The lowest BCUT2D eigenvalue weighted by Crippen LogP contribution is -2.25. The van der Waals surface area contributed by atoms with Crippen molar-refractivity contribution in [3.63, 3.8) is 0 Å². The molecule has 7 heteroatoms. The van der Waals surface area contributed by atoms with Crippen LogP contribution in [0.2, 0.25) is 5.02 Å². The molecule has 3 N–H and O–H groups in total. The number of carbonyl (C=O) groups excluding carboxylic acids is 3. The molecule has 0 aliphatic heterocycles. The van der Waals surface area contributed by atoms with Crippen molar-refractivity contribution in [1.29, 1.82) is 0 Å². The first kappa shape index (κ1) is 18.7. The molecule has 1 aromatic carbocycles. The van der Waals surface area contributed by atoms with Gasteiger partial charge >= 0.3 is 5.97 Å². The molecule has 0 amide bonds. The van der Waals surface area contributed by atoms with E-state index in [2.05, 4.69) is 4.98 Å². The highest BCUT2D eigenvalue weighted by Crippen LogP contribution is 2.22. The molecule has 2 rings (SSSR count). The maximum absolute atomic E-state index is 12.6. The van der Waals surface area contributed by atoms with Gasteiger partial charge in [0.1, 0.15) is 0 Å². The predicted molar refractivity (Wildman–Crippen MR) is 95.3 cm³/mol. The summed E-state index contributed by atoms with van der Waals surface area (Å²) in [7, 11) is 0. The van der Waals surface area contributed by atoms with E-state index in [0.717, 1.165) is 0 Å². The minimum atomic E-state index is -1.03. The highest BCUT2D eigenvalue weighted by atomic mass is 35.5. The quantitative estimate of drug-likeness (QED) is 0.481. The first-order valence-corrected chi connectivity index (χ1v) is 8.01. The van der Waals surface area contributed by atoms with Crippen molar-refractivity contribution < 1.29 is 19.1 Å². The molecule has 2 aromatic rings. The number of aromatic nitrogens is 1. The molecule has 0 spiro atoms. The molecule has 6 nitrogen and oxygen atoms in total. The number of esters is 1. The molecule has 1 atom stereocenters. The third kappa shape index (κ3) is 3.74. The molecule has 0 saturated carbocycles. The molecule has 0 bridgehead atoms. The van der Waals surface area contributed by atoms with E-state index in [1.54, 1.807) is 13.8 Å². The molecule has 1 unspecified atom stereocenters. The Morgan fingerprint density at radius 2 is 1.88 bits per heavy atom. The van der Waals surface area contributed by atoms with Crippen LogP contribution in [0.4, 0.5) is 5.69 Å². The molecular formula is C18H19ClN2O4. The van der Waals surface area contributed by atoms with Gasteiger partial charge in [-0.1, -0.05) is 11.6 Å². The Kier molecular flexibility index (Phi) is 5.33. The number of nitrogens with one attached hydrogen (secondary N) is 1. The fourth-order valence-electron chi connectivity index (χ4n) is 2.68. The number of hydrogen-bond acceptors (Lipinski definition) is 5. The second-order valence-corrected chi connectivity index (χ2v) is 6.24. The zero-order chi connectivity index (χ0) is 18.9. The number of anilines is 1. The fourth-order valence-corrected chi connectivity index (χ4v) is 2.80. The normalized spacial score (nSPS) is 11.9. The zero-order valence-electron chi connectivity index (χ0n) is 14.4. The van der Waals surface area contributed by atoms with Gasteiger partial charge < -0.3 is 15.5 Å². The van der Waals surface area contributed by atoms with Crippen LogP contribution in [0.5, 0.6) is 0 Å². The molecule has 132 valence electrons. The van der Waals surface area contributed by atoms with Crippen molar-refractivity contribution in [2.75, 3.05) is 5.73 Å². The third-order valence-electron chi connectivity index (χ3n) is 3.92. The number of halogens is 1. The summed E-state index contributed by atoms with van der Waals surface area (Å²) in [6, 6.07) is 4.34. The molecule has 0 aliphatic carbocycles. The van der Waals surface area contributed by atoms with Crippen LogP contribution < -0.4 is 5.73 Å². The van der Waals surface area contributed by atoms with Gasteiger partial charge in [-0.2, -0.15) is 0 Å². The zero-order valence-corrected chi connectivity index (χ0v) is 15.2. The number of ether oxygens (including phenoxy) is 1. The van der Waals surface area contributed by atoms with E-state index < -0.39 is 17.9 Å². The molecule has 1 heterocycles. The molecule has 0 saturated heterocycles. The Bertz CT molecular complexity index is 870. The van der Waals surface area contributed by atoms with E-state index >= 15 is 0 Å². The standard InChI is InChI=1S/C18H19ClN2O4/c1-8-15(10(3)22)9(2)21-16(8)17(23)11(4)25-18(24)12-5-6-13(19)14(20)7-12/h5-7,11,21H,20H2,1-4H3. The van der Waals surface area contributed by atoms with Crippen molar-refractivity contribution in [2.45, 2.75) is 33.8 Å². The summed E-state index contributed by atoms with van der Waals surface area (Å²) in [6.07, 6.45) is -1.03. The van der Waals surface area contributed by atoms with Crippen molar-refractivity contribution in [3.05, 3.63) is 51.3 Å². The van der Waals surface area contributed by atoms with E-state index in [0.29, 0.717) is 21.8 Å². The lowest BCUT2D eigenvalue weighted by molar-refractivity contribution is 0.0317. The Labute approximate surface area is 150 Å². The first-order chi connectivity index (χ1) is 11.6. The van der Waals surface area contributed by atoms with Crippen molar-refractivity contribution in [2.24, 2.45) is 0 Å². The van der Waals surface area contributed by atoms with Gasteiger partial charge in [-0.15, -0.1) is 0 Å². The van der Waals surface area contributed by atoms with Crippen LogP contribution in [0, 0.1) is 13.8 Å². The smallest absolute Gasteiger partial charge is 0.338 e. The van der Waals surface area contributed by atoms with Crippen LogP contribution in [0.25, 0.3) is 0 Å². The van der Waals surface area contributed by atoms with Gasteiger partial charge in [-0.3, -0.25) is 9.59 Å². The van der Waals surface area contributed by atoms with Gasteiger partial charge in [0.25, 0.3) is 0 Å². The minimum absolute atomic E-state index is 0.133. The van der Waals surface area contributed by atoms with Crippen LogP contribution in [0.1, 0.15) is 56.3 Å². The molecule has 0 radical (unpaired) electrons. The summed E-state index contributed by atoms with van der Waals surface area (Å²) in [5.74, 6) is -1.23. The number of rotatable bonds is 5. The van der Waals surface area contributed by atoms with Gasteiger partial charge in [0.2, 0.25) is 5.78 Å². The SMILES string of the molecule is CC(=O)c1c(C)[nH]c(C(=O)C(C)OC(=O)c2ccc(Cl)c(N)c2)c1C. The lowest BCUT2D eigenvalue weighted by Gasteiger charge is -2.12. The summed E-state index contributed by atoms with van der Waals surface area (Å²) in [4.78, 5) is 39.3. The number of carbonyl (C=O) groups is 3. The third-order valence-corrected chi connectivity index (χ3v) is 4.26. The maximum Gasteiger partial charge on any atom is 0.338 e. The average molecular weight is 363 g/mol. The van der Waals surface area contributed by atoms with Crippen LogP contribution in [-0.4, -0.2) is 28.6 Å². The summed E-state index contributed by atoms with van der Waals surface area (Å²) < 4.78 is 5.22. The molecular weight excluding hydrogens is 344 g/mol. The predicted octanol–water partition coefficient (Wildman–Crippen LogP) is 3.50. The summed E-state index contributed by atoms with van der Waals surface area (Å²) in [6.45, 7) is 6.31. The highest BCUT2D eigenvalue weighted by molar-refractivity contribution is 6.33. The Morgan fingerprint density at radius 1 is 1.24 bits per heavy atom. The summed E-state index contributed by atoms with van der Waals surface area (Å²) in [5, 5.41) is 0.329. The topological polar surface area (TPSA) is 102 Å². The number of aryl methyl sites for hydroxylation is 1. The van der Waals surface area contributed by atoms with Crippen LogP contribution in [-0.2, 0) is 4.74 Å². The van der Waals surface area contributed by atoms with Crippen LogP contribution in [0.15, 0.2) is 18.2 Å². The number of Topliss-reactive ketones (excluding diaryl/α,β-unsaturated/α-hetero) is 2. The Morgan fingerprint density at radius 3 is 2.40 bits per heavy atom. The average Bonchev–Trinajstić information content (AvgIpc) is 2.83. The van der Waals surface area contributed by atoms with E-state index in [1.807, 2.05) is 0 Å². The van der Waals surface area contributed by atoms with Crippen molar-refractivity contribution >= 4 is 34.8 Å². The molecule has 1 aromatic heterocycles. The van der Waals surface area contributed by atoms with Gasteiger partial charge in [0.15, 0.2) is 11.9 Å². The highest BCUT2D eigenvalue weighted by Gasteiger charge is 2.26. The van der Waals surface area contributed by atoms with Crippen molar-refractivity contribution in [1.82, 2.24) is 4.98 Å². The largest absolute Gasteiger partial charge is 0.451 e. The van der Waals surface area contributed by atoms with E-state index in [-0.39, 0.29) is 22.7 Å². The lowest BCUT2D eigenvalue weighted by atomic mass is 10.0. The number of benzene rings is 1. The fraction of sp³-hybridized carbons (Fsp3) is 0.278. The summed E-state index contributed by atoms with van der Waals surface area (Å²) >= 11 is 5.82. The number of aromatic amines is 1. The monoisotopic (exact) mass is 362 g/mol. The number of H-pyrrole nitrogens is 1. The summed E-state index contributed by atoms with van der Waals surface area (Å²) in [5.41, 5.74) is 8.01. The number of hydrogen-bond donors (Lipinski definition) is 2. The van der Waals surface area contributed by atoms with Gasteiger partial charge in [-0.05, 0) is 51.5 Å². The van der Waals surface area contributed by atoms with E-state index in [9.17, 15) is 14.4 Å². The van der Waals surface area contributed by atoms with Crippen molar-refractivity contribution in [3.8, 4) is 0 Å². The molecule has 0 fully saturated rings.